The number of carbonyl (C=O) groups is 2. The second-order valence-corrected chi connectivity index (χ2v) is 8.06. The van der Waals surface area contributed by atoms with E-state index in [9.17, 15) is 9.59 Å². The molecule has 0 saturated carbocycles. The summed E-state index contributed by atoms with van der Waals surface area (Å²) in [5, 5.41) is 2.90. The van der Waals surface area contributed by atoms with E-state index in [1.807, 2.05) is 11.0 Å². The molecule has 170 valence electrons. The molecule has 0 spiro atoms. The SMILES string of the molecule is CC1(C(=O)N2CCOCC2)CN(CC(=O)Nc2ccc(Oc3cccnc3)cc2)CCO1. The van der Waals surface area contributed by atoms with Crippen molar-refractivity contribution in [3.05, 3.63) is 48.8 Å². The molecule has 2 aliphatic rings. The maximum Gasteiger partial charge on any atom is 0.256 e. The van der Waals surface area contributed by atoms with Crippen molar-refractivity contribution in [2.24, 2.45) is 0 Å². The van der Waals surface area contributed by atoms with Gasteiger partial charge in [0, 0.05) is 38.1 Å². The lowest BCUT2D eigenvalue weighted by Gasteiger charge is -2.42. The molecule has 1 aromatic carbocycles. The summed E-state index contributed by atoms with van der Waals surface area (Å²) >= 11 is 0. The average molecular weight is 441 g/mol. The molecule has 2 fully saturated rings. The molecule has 1 unspecified atom stereocenters. The summed E-state index contributed by atoms with van der Waals surface area (Å²) in [6, 6.07) is 10.8. The van der Waals surface area contributed by atoms with Crippen LogP contribution in [0.4, 0.5) is 5.69 Å². The quantitative estimate of drug-likeness (QED) is 0.732. The first kappa shape index (κ1) is 22.2. The minimum absolute atomic E-state index is 0.0462. The second kappa shape index (κ2) is 10.1. The van der Waals surface area contributed by atoms with Gasteiger partial charge >= 0.3 is 0 Å². The summed E-state index contributed by atoms with van der Waals surface area (Å²) in [6.07, 6.45) is 3.32. The van der Waals surface area contributed by atoms with Crippen molar-refractivity contribution in [1.29, 1.82) is 0 Å². The average Bonchev–Trinajstić information content (AvgIpc) is 2.81. The molecule has 3 heterocycles. The standard InChI is InChI=1S/C23H28N4O5/c1-23(22(29)27-10-12-30-13-11-27)17-26(9-14-31-23)16-21(28)25-18-4-6-19(7-5-18)32-20-3-2-8-24-15-20/h2-8,15H,9-14,16-17H2,1H3,(H,25,28). The fourth-order valence-electron chi connectivity index (χ4n) is 3.87. The highest BCUT2D eigenvalue weighted by atomic mass is 16.5. The number of ether oxygens (including phenoxy) is 3. The van der Waals surface area contributed by atoms with E-state index >= 15 is 0 Å². The van der Waals surface area contributed by atoms with Gasteiger partial charge in [-0.25, -0.2) is 0 Å². The summed E-state index contributed by atoms with van der Waals surface area (Å²) in [5.41, 5.74) is -0.282. The molecule has 2 amide bonds. The van der Waals surface area contributed by atoms with Gasteiger partial charge in [0.05, 0.1) is 32.6 Å². The van der Waals surface area contributed by atoms with E-state index in [0.717, 1.165) is 0 Å². The number of anilines is 1. The van der Waals surface area contributed by atoms with Gasteiger partial charge in [0.25, 0.3) is 5.91 Å². The van der Waals surface area contributed by atoms with Crippen LogP contribution in [-0.2, 0) is 19.1 Å². The highest BCUT2D eigenvalue weighted by Crippen LogP contribution is 2.23. The van der Waals surface area contributed by atoms with Crippen LogP contribution in [0.2, 0.25) is 0 Å². The Morgan fingerprint density at radius 2 is 1.88 bits per heavy atom. The zero-order valence-electron chi connectivity index (χ0n) is 18.2. The monoisotopic (exact) mass is 440 g/mol. The molecule has 1 N–H and O–H groups in total. The topological polar surface area (TPSA) is 93.2 Å². The minimum Gasteiger partial charge on any atom is -0.456 e. The van der Waals surface area contributed by atoms with Gasteiger partial charge in [-0.1, -0.05) is 0 Å². The van der Waals surface area contributed by atoms with Gasteiger partial charge in [-0.2, -0.15) is 0 Å². The van der Waals surface area contributed by atoms with Crippen LogP contribution in [0, 0.1) is 0 Å². The molecule has 0 radical (unpaired) electrons. The fraction of sp³-hybridized carbons (Fsp3) is 0.435. The van der Waals surface area contributed by atoms with E-state index in [4.69, 9.17) is 14.2 Å². The van der Waals surface area contributed by atoms with E-state index in [2.05, 4.69) is 10.3 Å². The van der Waals surface area contributed by atoms with E-state index in [1.54, 1.807) is 54.5 Å². The number of pyridine rings is 1. The largest absolute Gasteiger partial charge is 0.456 e. The number of hydrogen-bond donors (Lipinski definition) is 1. The normalized spacial score (nSPS) is 21.7. The van der Waals surface area contributed by atoms with Crippen LogP contribution < -0.4 is 10.1 Å². The molecule has 1 aromatic heterocycles. The van der Waals surface area contributed by atoms with Gasteiger partial charge in [-0.05, 0) is 43.3 Å². The zero-order valence-corrected chi connectivity index (χ0v) is 18.2. The van der Waals surface area contributed by atoms with Crippen molar-refractivity contribution >= 4 is 17.5 Å². The number of nitrogens with zero attached hydrogens (tertiary/aromatic N) is 3. The Balaban J connectivity index is 1.29. The Hall–Kier alpha value is -3.01. The lowest BCUT2D eigenvalue weighted by molar-refractivity contribution is -0.171. The van der Waals surface area contributed by atoms with E-state index < -0.39 is 5.60 Å². The zero-order chi connectivity index (χ0) is 22.4. The van der Waals surface area contributed by atoms with Crippen LogP contribution in [0.15, 0.2) is 48.8 Å². The van der Waals surface area contributed by atoms with E-state index in [1.165, 1.54) is 0 Å². The van der Waals surface area contributed by atoms with Gasteiger partial charge in [-0.3, -0.25) is 19.5 Å². The summed E-state index contributed by atoms with van der Waals surface area (Å²) in [7, 11) is 0. The first-order chi connectivity index (χ1) is 15.5. The van der Waals surface area contributed by atoms with Crippen LogP contribution in [0.1, 0.15) is 6.92 Å². The van der Waals surface area contributed by atoms with Crippen LogP contribution in [0.3, 0.4) is 0 Å². The molecule has 1 atom stereocenters. The van der Waals surface area contributed by atoms with Crippen molar-refractivity contribution < 1.29 is 23.8 Å². The summed E-state index contributed by atoms with van der Waals surface area (Å²) in [5.74, 6) is 1.11. The number of aromatic nitrogens is 1. The molecule has 2 saturated heterocycles. The number of rotatable bonds is 6. The predicted octanol–water partition coefficient (Wildman–Crippen LogP) is 1.76. The fourth-order valence-corrected chi connectivity index (χ4v) is 3.87. The van der Waals surface area contributed by atoms with Crippen LogP contribution >= 0.6 is 0 Å². The minimum atomic E-state index is -0.957. The lowest BCUT2D eigenvalue weighted by atomic mass is 10.0. The van der Waals surface area contributed by atoms with Crippen molar-refractivity contribution in [3.8, 4) is 11.5 Å². The maximum atomic E-state index is 13.0. The number of carbonyl (C=O) groups excluding carboxylic acids is 2. The van der Waals surface area contributed by atoms with Crippen LogP contribution in [0.25, 0.3) is 0 Å². The van der Waals surface area contributed by atoms with Crippen molar-refractivity contribution in [2.45, 2.75) is 12.5 Å². The molecule has 4 rings (SSSR count). The van der Waals surface area contributed by atoms with Gasteiger partial charge in [0.2, 0.25) is 5.91 Å². The van der Waals surface area contributed by atoms with Crippen LogP contribution in [0.5, 0.6) is 11.5 Å². The maximum absolute atomic E-state index is 13.0. The number of nitrogens with one attached hydrogen (secondary N) is 1. The smallest absolute Gasteiger partial charge is 0.256 e. The molecule has 32 heavy (non-hydrogen) atoms. The second-order valence-electron chi connectivity index (χ2n) is 8.06. The molecule has 0 aliphatic carbocycles. The van der Waals surface area contributed by atoms with Crippen molar-refractivity contribution in [2.75, 3.05) is 57.9 Å². The molecular formula is C23H28N4O5. The number of hydrogen-bond acceptors (Lipinski definition) is 7. The third kappa shape index (κ3) is 5.61. The lowest BCUT2D eigenvalue weighted by Crippen LogP contribution is -2.61. The number of morpholine rings is 2. The third-order valence-corrected chi connectivity index (χ3v) is 5.48. The Morgan fingerprint density at radius 3 is 2.59 bits per heavy atom. The third-order valence-electron chi connectivity index (χ3n) is 5.48. The summed E-state index contributed by atoms with van der Waals surface area (Å²) < 4.78 is 16.9. The Kier molecular flexibility index (Phi) is 6.99. The molecule has 2 aromatic rings. The molecule has 2 aliphatic heterocycles. The first-order valence-electron chi connectivity index (χ1n) is 10.7. The molecule has 9 nitrogen and oxygen atoms in total. The highest BCUT2D eigenvalue weighted by molar-refractivity contribution is 5.92. The van der Waals surface area contributed by atoms with E-state index in [0.29, 0.717) is 63.2 Å². The molecule has 9 heteroatoms. The van der Waals surface area contributed by atoms with Gasteiger partial charge in [-0.15, -0.1) is 0 Å². The number of amides is 2. The van der Waals surface area contributed by atoms with Gasteiger partial charge < -0.3 is 24.4 Å². The summed E-state index contributed by atoms with van der Waals surface area (Å²) in [4.78, 5) is 33.3. The molecular weight excluding hydrogens is 412 g/mol. The Morgan fingerprint density at radius 1 is 1.09 bits per heavy atom. The van der Waals surface area contributed by atoms with Crippen molar-refractivity contribution in [3.63, 3.8) is 0 Å². The molecule has 0 bridgehead atoms. The van der Waals surface area contributed by atoms with E-state index in [-0.39, 0.29) is 18.4 Å². The van der Waals surface area contributed by atoms with Gasteiger partial charge in [0.15, 0.2) is 5.60 Å². The Bertz CT molecular complexity index is 918. The predicted molar refractivity (Wildman–Crippen MR) is 118 cm³/mol. The van der Waals surface area contributed by atoms with Gasteiger partial charge in [0.1, 0.15) is 11.5 Å². The van der Waals surface area contributed by atoms with Crippen molar-refractivity contribution in [1.82, 2.24) is 14.8 Å². The Labute approximate surface area is 187 Å². The highest BCUT2D eigenvalue weighted by Gasteiger charge is 2.42. The number of benzene rings is 1. The first-order valence-corrected chi connectivity index (χ1v) is 10.7. The summed E-state index contributed by atoms with van der Waals surface area (Å²) in [6.45, 7) is 5.57. The van der Waals surface area contributed by atoms with Crippen LogP contribution in [-0.4, -0.2) is 84.7 Å².